The maximum Gasteiger partial charge on any atom is 0.225 e. The molecule has 0 radical (unpaired) electrons. The summed E-state index contributed by atoms with van der Waals surface area (Å²) >= 11 is 0. The van der Waals surface area contributed by atoms with Crippen LogP contribution in [-0.4, -0.2) is 23.7 Å². The summed E-state index contributed by atoms with van der Waals surface area (Å²) < 4.78 is 0. The van der Waals surface area contributed by atoms with Crippen molar-refractivity contribution in [3.8, 4) is 0 Å². The first-order valence-electron chi connectivity index (χ1n) is 3.20. The number of rotatable bonds is 2. The van der Waals surface area contributed by atoms with Crippen molar-refractivity contribution in [1.29, 1.82) is 0 Å². The van der Waals surface area contributed by atoms with Crippen LogP contribution >= 0.6 is 0 Å². The summed E-state index contributed by atoms with van der Waals surface area (Å²) in [6.45, 7) is 2.02. The van der Waals surface area contributed by atoms with Crippen LogP contribution in [0.5, 0.6) is 0 Å². The minimum absolute atomic E-state index is 0.0301. The van der Waals surface area contributed by atoms with Crippen LogP contribution < -0.4 is 5.32 Å². The van der Waals surface area contributed by atoms with E-state index in [1.54, 1.807) is 0 Å². The number of amides is 1. The molecule has 3 nitrogen and oxygen atoms in total. The molecule has 1 aliphatic heterocycles. The van der Waals surface area contributed by atoms with Gasteiger partial charge in [0.2, 0.25) is 5.91 Å². The predicted molar refractivity (Wildman–Crippen MR) is 32.8 cm³/mol. The molecule has 1 amide bonds. The lowest BCUT2D eigenvalue weighted by atomic mass is 9.89. The monoisotopic (exact) mass is 129 g/mol. The molecule has 0 spiro atoms. The van der Waals surface area contributed by atoms with E-state index in [9.17, 15) is 4.79 Å². The molecule has 0 aliphatic carbocycles. The van der Waals surface area contributed by atoms with Crippen LogP contribution in [0, 0.1) is 5.92 Å². The molecule has 2 atom stereocenters. The molecule has 9 heavy (non-hydrogen) atoms. The fourth-order valence-electron chi connectivity index (χ4n) is 1.12. The third-order valence-corrected chi connectivity index (χ3v) is 1.79. The van der Waals surface area contributed by atoms with E-state index in [2.05, 4.69) is 5.32 Å². The normalized spacial score (nSPS) is 33.3. The zero-order valence-electron chi connectivity index (χ0n) is 5.42. The SMILES string of the molecule is CC[C@H]1C(=O)N[C@H]1CO. The van der Waals surface area contributed by atoms with Crippen molar-refractivity contribution >= 4 is 5.91 Å². The van der Waals surface area contributed by atoms with Crippen molar-refractivity contribution in [1.82, 2.24) is 5.32 Å². The molecular formula is C6H11NO2. The van der Waals surface area contributed by atoms with E-state index in [1.807, 2.05) is 6.92 Å². The minimum Gasteiger partial charge on any atom is -0.394 e. The number of carbonyl (C=O) groups is 1. The Morgan fingerprint density at radius 2 is 2.44 bits per heavy atom. The molecule has 2 N–H and O–H groups in total. The zero-order valence-corrected chi connectivity index (χ0v) is 5.42. The maximum absolute atomic E-state index is 10.6. The Hall–Kier alpha value is -0.570. The zero-order chi connectivity index (χ0) is 6.85. The second kappa shape index (κ2) is 2.35. The van der Waals surface area contributed by atoms with Crippen molar-refractivity contribution in [2.45, 2.75) is 19.4 Å². The summed E-state index contributed by atoms with van der Waals surface area (Å²) in [6, 6.07) is 0.0301. The van der Waals surface area contributed by atoms with E-state index in [0.717, 1.165) is 6.42 Å². The molecule has 1 saturated heterocycles. The van der Waals surface area contributed by atoms with Crippen LogP contribution in [0.4, 0.5) is 0 Å². The van der Waals surface area contributed by atoms with Crippen LogP contribution in [0.1, 0.15) is 13.3 Å². The van der Waals surface area contributed by atoms with Crippen LogP contribution in [0.2, 0.25) is 0 Å². The first kappa shape index (κ1) is 6.55. The highest BCUT2D eigenvalue weighted by Crippen LogP contribution is 2.17. The van der Waals surface area contributed by atoms with Gasteiger partial charge in [-0.25, -0.2) is 0 Å². The Morgan fingerprint density at radius 1 is 1.78 bits per heavy atom. The number of β-lactam (4-membered cyclic amide) rings is 1. The van der Waals surface area contributed by atoms with E-state index in [1.165, 1.54) is 0 Å². The minimum atomic E-state index is 0.0301. The molecule has 52 valence electrons. The van der Waals surface area contributed by atoms with Gasteiger partial charge in [-0.1, -0.05) is 6.92 Å². The molecule has 0 aromatic heterocycles. The Morgan fingerprint density at radius 3 is 2.67 bits per heavy atom. The smallest absolute Gasteiger partial charge is 0.225 e. The molecule has 1 aliphatic rings. The van der Waals surface area contributed by atoms with E-state index in [-0.39, 0.29) is 24.5 Å². The van der Waals surface area contributed by atoms with Gasteiger partial charge >= 0.3 is 0 Å². The van der Waals surface area contributed by atoms with Crippen molar-refractivity contribution in [2.75, 3.05) is 6.61 Å². The third kappa shape index (κ3) is 0.920. The number of hydrogen-bond donors (Lipinski definition) is 2. The fourth-order valence-corrected chi connectivity index (χ4v) is 1.12. The van der Waals surface area contributed by atoms with Crippen LogP contribution in [0.3, 0.4) is 0 Å². The third-order valence-electron chi connectivity index (χ3n) is 1.79. The van der Waals surface area contributed by atoms with Gasteiger partial charge in [-0.05, 0) is 6.42 Å². The summed E-state index contributed by atoms with van der Waals surface area (Å²) in [7, 11) is 0. The van der Waals surface area contributed by atoms with Crippen molar-refractivity contribution < 1.29 is 9.90 Å². The number of nitrogens with one attached hydrogen (secondary N) is 1. The molecule has 0 aromatic carbocycles. The standard InChI is InChI=1S/C6H11NO2/c1-2-4-5(3-8)7-6(4)9/h4-5,8H,2-3H2,1H3,(H,7,9)/t4-,5+/m1/s1. The molecule has 0 unspecified atom stereocenters. The Bertz CT molecular complexity index is 124. The Labute approximate surface area is 54.1 Å². The number of carbonyl (C=O) groups excluding carboxylic acids is 1. The fraction of sp³-hybridized carbons (Fsp3) is 0.833. The highest BCUT2D eigenvalue weighted by Gasteiger charge is 2.36. The van der Waals surface area contributed by atoms with Gasteiger partial charge in [0.25, 0.3) is 0 Å². The lowest BCUT2D eigenvalue weighted by molar-refractivity contribution is -0.136. The Kier molecular flexibility index (Phi) is 1.71. The molecule has 0 bridgehead atoms. The van der Waals surface area contributed by atoms with Crippen LogP contribution in [0.15, 0.2) is 0 Å². The van der Waals surface area contributed by atoms with Gasteiger partial charge in [0.05, 0.1) is 18.6 Å². The van der Waals surface area contributed by atoms with Gasteiger partial charge < -0.3 is 10.4 Å². The van der Waals surface area contributed by atoms with E-state index < -0.39 is 0 Å². The molecule has 1 heterocycles. The Balaban J connectivity index is 2.38. The highest BCUT2D eigenvalue weighted by molar-refractivity contribution is 5.85. The number of aliphatic hydroxyl groups is 1. The topological polar surface area (TPSA) is 49.3 Å². The van der Waals surface area contributed by atoms with E-state index >= 15 is 0 Å². The lowest BCUT2D eigenvalue weighted by Gasteiger charge is -2.34. The van der Waals surface area contributed by atoms with Gasteiger partial charge in [0.1, 0.15) is 0 Å². The molecule has 0 aromatic rings. The summed E-state index contributed by atoms with van der Waals surface area (Å²) in [6.07, 6.45) is 0.830. The maximum atomic E-state index is 10.6. The quantitative estimate of drug-likeness (QED) is 0.494. The number of hydrogen-bond acceptors (Lipinski definition) is 2. The van der Waals surface area contributed by atoms with Crippen LogP contribution in [0.25, 0.3) is 0 Å². The second-order valence-corrected chi connectivity index (χ2v) is 2.31. The van der Waals surface area contributed by atoms with E-state index in [4.69, 9.17) is 5.11 Å². The summed E-state index contributed by atoms with van der Waals surface area (Å²) in [4.78, 5) is 10.6. The highest BCUT2D eigenvalue weighted by atomic mass is 16.3. The average molecular weight is 129 g/mol. The van der Waals surface area contributed by atoms with Gasteiger partial charge in [-0.15, -0.1) is 0 Å². The van der Waals surface area contributed by atoms with Crippen molar-refractivity contribution in [3.63, 3.8) is 0 Å². The van der Waals surface area contributed by atoms with E-state index in [0.29, 0.717) is 0 Å². The van der Waals surface area contributed by atoms with Crippen LogP contribution in [-0.2, 0) is 4.79 Å². The molecule has 0 saturated carbocycles. The second-order valence-electron chi connectivity index (χ2n) is 2.31. The van der Waals surface area contributed by atoms with Gasteiger partial charge in [0, 0.05) is 0 Å². The van der Waals surface area contributed by atoms with Gasteiger partial charge in [-0.2, -0.15) is 0 Å². The van der Waals surface area contributed by atoms with Gasteiger partial charge in [0.15, 0.2) is 0 Å². The largest absolute Gasteiger partial charge is 0.394 e. The summed E-state index contributed by atoms with van der Waals surface area (Å²) in [5.74, 6) is 0.145. The molecular weight excluding hydrogens is 118 g/mol. The summed E-state index contributed by atoms with van der Waals surface area (Å²) in [5, 5.41) is 11.2. The predicted octanol–water partition coefficient (Wildman–Crippen LogP) is -0.497. The van der Waals surface area contributed by atoms with Crippen molar-refractivity contribution in [3.05, 3.63) is 0 Å². The first-order chi connectivity index (χ1) is 4.29. The average Bonchev–Trinajstić information content (AvgIpc) is 1.83. The molecule has 1 fully saturated rings. The molecule has 1 rings (SSSR count). The van der Waals surface area contributed by atoms with Gasteiger partial charge in [-0.3, -0.25) is 4.79 Å². The lowest BCUT2D eigenvalue weighted by Crippen LogP contribution is -2.59. The van der Waals surface area contributed by atoms with Crippen molar-refractivity contribution in [2.24, 2.45) is 5.92 Å². The first-order valence-corrected chi connectivity index (χ1v) is 3.20. The number of aliphatic hydroxyl groups excluding tert-OH is 1. The molecule has 3 heteroatoms. The summed E-state index contributed by atoms with van der Waals surface area (Å²) in [5.41, 5.74) is 0.